The van der Waals surface area contributed by atoms with Gasteiger partial charge in [-0.15, -0.1) is 0 Å². The van der Waals surface area contributed by atoms with E-state index in [1.165, 1.54) is 6.07 Å². The zero-order valence-electron chi connectivity index (χ0n) is 16.8. The van der Waals surface area contributed by atoms with Crippen molar-refractivity contribution in [3.05, 3.63) is 59.9 Å². The molecule has 5 heterocycles. The van der Waals surface area contributed by atoms with Gasteiger partial charge in [-0.1, -0.05) is 6.07 Å². The minimum absolute atomic E-state index is 0.00151. The molecule has 1 unspecified atom stereocenters. The number of fused-ring (bicyclic) bond motifs is 1. The molecule has 7 nitrogen and oxygen atoms in total. The van der Waals surface area contributed by atoms with Gasteiger partial charge in [-0.2, -0.15) is 4.39 Å². The van der Waals surface area contributed by atoms with Crippen LogP contribution in [0.5, 0.6) is 0 Å². The van der Waals surface area contributed by atoms with E-state index in [1.54, 1.807) is 6.20 Å². The molecular formula is C22H23FN6O. The lowest BCUT2D eigenvalue weighted by Gasteiger charge is -2.36. The maximum Gasteiger partial charge on any atom is 0.216 e. The van der Waals surface area contributed by atoms with Gasteiger partial charge < -0.3 is 14.5 Å². The second-order valence-electron chi connectivity index (χ2n) is 7.54. The van der Waals surface area contributed by atoms with Crippen LogP contribution in [0.2, 0.25) is 0 Å². The molecule has 2 aliphatic rings. The van der Waals surface area contributed by atoms with Crippen molar-refractivity contribution in [2.24, 2.45) is 0 Å². The van der Waals surface area contributed by atoms with E-state index in [0.717, 1.165) is 42.1 Å². The van der Waals surface area contributed by atoms with Crippen LogP contribution >= 0.6 is 0 Å². The molecule has 0 amide bonds. The van der Waals surface area contributed by atoms with Gasteiger partial charge in [0.25, 0.3) is 0 Å². The van der Waals surface area contributed by atoms with Crippen molar-refractivity contribution >= 4 is 11.5 Å². The lowest BCUT2D eigenvalue weighted by Crippen LogP contribution is -2.37. The van der Waals surface area contributed by atoms with Gasteiger partial charge in [0.05, 0.1) is 24.9 Å². The van der Waals surface area contributed by atoms with Crippen molar-refractivity contribution in [1.29, 1.82) is 0 Å². The van der Waals surface area contributed by atoms with Crippen LogP contribution in [0.25, 0.3) is 11.5 Å². The average Bonchev–Trinajstić information content (AvgIpc) is 2.80. The van der Waals surface area contributed by atoms with Crippen LogP contribution < -0.4 is 9.80 Å². The average molecular weight is 406 g/mol. The fourth-order valence-corrected chi connectivity index (χ4v) is 4.12. The Kier molecular flexibility index (Phi) is 5.00. The number of pyridine rings is 2. The summed E-state index contributed by atoms with van der Waals surface area (Å²) in [4.78, 5) is 22.1. The first-order chi connectivity index (χ1) is 14.7. The van der Waals surface area contributed by atoms with Crippen molar-refractivity contribution in [1.82, 2.24) is 19.9 Å². The second kappa shape index (κ2) is 7.95. The Morgan fingerprint density at radius 1 is 1.07 bits per heavy atom. The van der Waals surface area contributed by atoms with Crippen molar-refractivity contribution < 1.29 is 9.13 Å². The third-order valence-corrected chi connectivity index (χ3v) is 5.74. The maximum absolute atomic E-state index is 14.4. The van der Waals surface area contributed by atoms with E-state index in [0.29, 0.717) is 31.4 Å². The molecule has 2 aliphatic heterocycles. The molecule has 0 aromatic carbocycles. The summed E-state index contributed by atoms with van der Waals surface area (Å²) in [5.74, 6) is 0.811. The first-order valence-electron chi connectivity index (χ1n) is 10.2. The van der Waals surface area contributed by atoms with Crippen LogP contribution in [0.15, 0.2) is 42.7 Å². The minimum atomic E-state index is -0.464. The SMILES string of the molecule is CC1c2cnc(-c3ccccn3)nc2CCN1c1cc(N2CCOCC2)cc(F)n1. The van der Waals surface area contributed by atoms with Gasteiger partial charge in [0.1, 0.15) is 11.5 Å². The molecule has 5 rings (SSSR count). The quantitative estimate of drug-likeness (QED) is 0.620. The van der Waals surface area contributed by atoms with Gasteiger partial charge in [-0.25, -0.2) is 15.0 Å². The molecule has 3 aromatic heterocycles. The molecule has 0 spiro atoms. The molecule has 0 radical (unpaired) electrons. The Bertz CT molecular complexity index is 1040. The molecule has 0 N–H and O–H groups in total. The highest BCUT2D eigenvalue weighted by Gasteiger charge is 2.28. The normalized spacial score (nSPS) is 18.9. The molecule has 0 saturated carbocycles. The Labute approximate surface area is 174 Å². The number of halogens is 1. The Balaban J connectivity index is 1.43. The van der Waals surface area contributed by atoms with E-state index in [9.17, 15) is 4.39 Å². The molecule has 1 fully saturated rings. The highest BCUT2D eigenvalue weighted by Crippen LogP contribution is 2.34. The highest BCUT2D eigenvalue weighted by molar-refractivity contribution is 5.58. The maximum atomic E-state index is 14.4. The number of morpholine rings is 1. The predicted molar refractivity (Wildman–Crippen MR) is 112 cm³/mol. The summed E-state index contributed by atoms with van der Waals surface area (Å²) < 4.78 is 19.8. The van der Waals surface area contributed by atoms with Crippen LogP contribution in [0.1, 0.15) is 24.2 Å². The second-order valence-corrected chi connectivity index (χ2v) is 7.54. The van der Waals surface area contributed by atoms with E-state index in [1.807, 2.05) is 30.5 Å². The number of aromatic nitrogens is 4. The number of nitrogens with zero attached hydrogens (tertiary/aromatic N) is 6. The lowest BCUT2D eigenvalue weighted by atomic mass is 9.99. The number of ether oxygens (including phenoxy) is 1. The largest absolute Gasteiger partial charge is 0.378 e. The summed E-state index contributed by atoms with van der Waals surface area (Å²) in [6, 6.07) is 9.18. The molecule has 1 atom stereocenters. The lowest BCUT2D eigenvalue weighted by molar-refractivity contribution is 0.122. The predicted octanol–water partition coefficient (Wildman–Crippen LogP) is 3.03. The summed E-state index contributed by atoms with van der Waals surface area (Å²) >= 11 is 0. The van der Waals surface area contributed by atoms with Gasteiger partial charge in [-0.05, 0) is 19.1 Å². The summed E-state index contributed by atoms with van der Waals surface area (Å²) in [7, 11) is 0. The minimum Gasteiger partial charge on any atom is -0.378 e. The van der Waals surface area contributed by atoms with E-state index < -0.39 is 5.95 Å². The van der Waals surface area contributed by atoms with Gasteiger partial charge in [0.15, 0.2) is 5.82 Å². The van der Waals surface area contributed by atoms with E-state index in [-0.39, 0.29) is 6.04 Å². The highest BCUT2D eigenvalue weighted by atomic mass is 19.1. The standard InChI is InChI=1S/C22H23FN6O/c1-15-17-14-25-22(19-4-2-3-6-24-19)26-18(17)5-7-29(15)21-13-16(12-20(23)27-21)28-8-10-30-11-9-28/h2-4,6,12-15H,5,7-11H2,1H3. The van der Waals surface area contributed by atoms with Gasteiger partial charge >= 0.3 is 0 Å². The molecule has 0 bridgehead atoms. The molecule has 0 aliphatic carbocycles. The number of hydrogen-bond donors (Lipinski definition) is 0. The monoisotopic (exact) mass is 406 g/mol. The van der Waals surface area contributed by atoms with Crippen molar-refractivity contribution in [3.8, 4) is 11.5 Å². The summed E-state index contributed by atoms with van der Waals surface area (Å²) in [5, 5.41) is 0. The Morgan fingerprint density at radius 2 is 1.93 bits per heavy atom. The first-order valence-corrected chi connectivity index (χ1v) is 10.2. The molecule has 30 heavy (non-hydrogen) atoms. The summed E-state index contributed by atoms with van der Waals surface area (Å²) in [5.41, 5.74) is 3.66. The Hall–Kier alpha value is -3.13. The van der Waals surface area contributed by atoms with Crippen molar-refractivity contribution in [2.75, 3.05) is 42.6 Å². The number of hydrogen-bond acceptors (Lipinski definition) is 7. The zero-order valence-corrected chi connectivity index (χ0v) is 16.8. The van der Waals surface area contributed by atoms with Crippen LogP contribution in [-0.4, -0.2) is 52.8 Å². The third kappa shape index (κ3) is 3.59. The fourth-order valence-electron chi connectivity index (χ4n) is 4.12. The van der Waals surface area contributed by atoms with E-state index in [2.05, 4.69) is 31.7 Å². The first kappa shape index (κ1) is 18.9. The van der Waals surface area contributed by atoms with E-state index in [4.69, 9.17) is 9.72 Å². The summed E-state index contributed by atoms with van der Waals surface area (Å²) in [6.07, 6.45) is 4.35. The number of rotatable bonds is 3. The van der Waals surface area contributed by atoms with Crippen molar-refractivity contribution in [3.63, 3.8) is 0 Å². The molecule has 8 heteroatoms. The topological polar surface area (TPSA) is 67.3 Å². The van der Waals surface area contributed by atoms with Crippen LogP contribution in [-0.2, 0) is 11.2 Å². The smallest absolute Gasteiger partial charge is 0.216 e. The van der Waals surface area contributed by atoms with Crippen LogP contribution in [0, 0.1) is 5.95 Å². The van der Waals surface area contributed by atoms with Crippen LogP contribution in [0.4, 0.5) is 15.9 Å². The van der Waals surface area contributed by atoms with Gasteiger partial charge in [-0.3, -0.25) is 4.98 Å². The molecule has 1 saturated heterocycles. The summed E-state index contributed by atoms with van der Waals surface area (Å²) in [6.45, 7) is 5.62. The van der Waals surface area contributed by atoms with Crippen LogP contribution in [0.3, 0.4) is 0 Å². The molecular weight excluding hydrogens is 383 g/mol. The molecule has 3 aromatic rings. The number of anilines is 2. The third-order valence-electron chi connectivity index (χ3n) is 5.74. The fraction of sp³-hybridized carbons (Fsp3) is 0.364. The van der Waals surface area contributed by atoms with Gasteiger partial charge in [0, 0.05) is 61.8 Å². The molecule has 154 valence electrons. The Morgan fingerprint density at radius 3 is 2.73 bits per heavy atom. The zero-order chi connectivity index (χ0) is 20.5. The van der Waals surface area contributed by atoms with E-state index >= 15 is 0 Å². The van der Waals surface area contributed by atoms with Crippen molar-refractivity contribution in [2.45, 2.75) is 19.4 Å². The van der Waals surface area contributed by atoms with Gasteiger partial charge in [0.2, 0.25) is 5.95 Å².